The lowest BCUT2D eigenvalue weighted by Gasteiger charge is -2.31. The van der Waals surface area contributed by atoms with Crippen LogP contribution in [0.25, 0.3) is 0 Å². The molecule has 5 heteroatoms. The van der Waals surface area contributed by atoms with Crippen LogP contribution in [0.2, 0.25) is 0 Å². The van der Waals surface area contributed by atoms with Crippen molar-refractivity contribution in [3.63, 3.8) is 0 Å². The predicted molar refractivity (Wildman–Crippen MR) is 64.8 cm³/mol. The van der Waals surface area contributed by atoms with Crippen LogP contribution in [0.4, 0.5) is 4.79 Å². The highest BCUT2D eigenvalue weighted by molar-refractivity contribution is 5.78. The molecule has 1 saturated heterocycles. The molecule has 0 aromatic heterocycles. The molecule has 0 aromatic carbocycles. The van der Waals surface area contributed by atoms with Gasteiger partial charge in [0.1, 0.15) is 0 Å². The van der Waals surface area contributed by atoms with E-state index in [1.165, 1.54) is 0 Å². The molecule has 17 heavy (non-hydrogen) atoms. The number of nitrogens with zero attached hydrogens (tertiary/aromatic N) is 2. The molecule has 98 valence electrons. The molecule has 0 radical (unpaired) electrons. The lowest BCUT2D eigenvalue weighted by atomic mass is 9.86. The highest BCUT2D eigenvalue weighted by Gasteiger charge is 2.42. The van der Waals surface area contributed by atoms with Gasteiger partial charge in [0, 0.05) is 19.6 Å². The Morgan fingerprint density at radius 3 is 2.41 bits per heavy atom. The van der Waals surface area contributed by atoms with Crippen LogP contribution in [0.1, 0.15) is 34.1 Å². The number of aliphatic carboxylic acids is 1. The molecule has 0 aliphatic carbocycles. The fourth-order valence-corrected chi connectivity index (χ4v) is 2.31. The van der Waals surface area contributed by atoms with E-state index >= 15 is 0 Å². The number of rotatable bonds is 3. The highest BCUT2D eigenvalue weighted by atomic mass is 16.4. The number of carbonyl (C=O) groups is 2. The zero-order valence-corrected chi connectivity index (χ0v) is 11.2. The van der Waals surface area contributed by atoms with Gasteiger partial charge in [-0.3, -0.25) is 4.79 Å². The Morgan fingerprint density at radius 2 is 2.06 bits per heavy atom. The summed E-state index contributed by atoms with van der Waals surface area (Å²) in [6.45, 7) is 8.66. The van der Waals surface area contributed by atoms with Crippen LogP contribution in [0.5, 0.6) is 0 Å². The van der Waals surface area contributed by atoms with Gasteiger partial charge in [-0.2, -0.15) is 0 Å². The van der Waals surface area contributed by atoms with E-state index in [4.69, 9.17) is 5.11 Å². The Bertz CT molecular complexity index is 322. The van der Waals surface area contributed by atoms with Crippen LogP contribution in [0.15, 0.2) is 0 Å². The number of likely N-dealkylation sites (N-methyl/N-ethyl adjacent to an activating group) is 1. The van der Waals surface area contributed by atoms with E-state index in [-0.39, 0.29) is 30.0 Å². The van der Waals surface area contributed by atoms with Crippen LogP contribution < -0.4 is 0 Å². The van der Waals surface area contributed by atoms with E-state index in [0.29, 0.717) is 6.54 Å². The van der Waals surface area contributed by atoms with Gasteiger partial charge >= 0.3 is 12.0 Å². The maximum absolute atomic E-state index is 12.0. The first kappa shape index (κ1) is 13.8. The van der Waals surface area contributed by atoms with Gasteiger partial charge in [-0.05, 0) is 12.3 Å². The molecule has 0 spiro atoms. The lowest BCUT2D eigenvalue weighted by Crippen LogP contribution is -2.39. The van der Waals surface area contributed by atoms with Crippen molar-refractivity contribution in [1.29, 1.82) is 0 Å². The molecule has 1 aliphatic rings. The minimum atomic E-state index is -0.868. The number of carboxylic acids is 1. The fourth-order valence-electron chi connectivity index (χ4n) is 2.31. The molecule has 0 aromatic rings. The first-order chi connectivity index (χ1) is 7.64. The van der Waals surface area contributed by atoms with Crippen LogP contribution >= 0.6 is 0 Å². The summed E-state index contributed by atoms with van der Waals surface area (Å²) in [5.74, 6) is -0.868. The van der Waals surface area contributed by atoms with E-state index in [2.05, 4.69) is 20.8 Å². The van der Waals surface area contributed by atoms with Crippen molar-refractivity contribution in [2.45, 2.75) is 46.2 Å². The Morgan fingerprint density at radius 1 is 1.53 bits per heavy atom. The van der Waals surface area contributed by atoms with E-state index < -0.39 is 5.97 Å². The second-order valence-electron chi connectivity index (χ2n) is 5.87. The average molecular weight is 242 g/mol. The molecular weight excluding hydrogens is 220 g/mol. The largest absolute Gasteiger partial charge is 0.481 e. The van der Waals surface area contributed by atoms with Crippen molar-refractivity contribution in [1.82, 2.24) is 9.80 Å². The SMILES string of the molecule is CC(CC(=O)O)N1CC(C(C)(C)C)N(C)C1=O. The fraction of sp³-hybridized carbons (Fsp3) is 0.833. The van der Waals surface area contributed by atoms with E-state index in [1.54, 1.807) is 23.8 Å². The normalized spacial score (nSPS) is 23.1. The van der Waals surface area contributed by atoms with E-state index in [9.17, 15) is 9.59 Å². The van der Waals surface area contributed by atoms with Gasteiger partial charge in [0.05, 0.1) is 12.5 Å². The van der Waals surface area contributed by atoms with Crippen molar-refractivity contribution in [3.8, 4) is 0 Å². The van der Waals surface area contributed by atoms with Crippen molar-refractivity contribution in [2.75, 3.05) is 13.6 Å². The minimum Gasteiger partial charge on any atom is -0.481 e. The maximum Gasteiger partial charge on any atom is 0.320 e. The summed E-state index contributed by atoms with van der Waals surface area (Å²) in [4.78, 5) is 26.1. The summed E-state index contributed by atoms with van der Waals surface area (Å²) in [5.41, 5.74) is 0.00209. The van der Waals surface area contributed by atoms with Crippen LogP contribution in [-0.4, -0.2) is 52.6 Å². The Kier molecular flexibility index (Phi) is 3.69. The summed E-state index contributed by atoms with van der Waals surface area (Å²) in [6, 6.07) is -0.195. The van der Waals surface area contributed by atoms with E-state index in [0.717, 1.165) is 0 Å². The Balaban J connectivity index is 2.79. The third kappa shape index (κ3) is 2.90. The molecule has 1 N–H and O–H groups in total. The molecule has 1 fully saturated rings. The molecule has 1 aliphatic heterocycles. The number of hydrogen-bond donors (Lipinski definition) is 1. The van der Waals surface area contributed by atoms with Crippen LogP contribution in [0, 0.1) is 5.41 Å². The van der Waals surface area contributed by atoms with Crippen molar-refractivity contribution >= 4 is 12.0 Å². The number of urea groups is 1. The molecule has 2 unspecified atom stereocenters. The second kappa shape index (κ2) is 4.55. The van der Waals surface area contributed by atoms with Gasteiger partial charge in [0.2, 0.25) is 0 Å². The lowest BCUT2D eigenvalue weighted by molar-refractivity contribution is -0.137. The zero-order chi connectivity index (χ0) is 13.4. The standard InChI is InChI=1S/C12H22N2O3/c1-8(6-10(15)16)14-7-9(12(2,3)4)13(5)11(14)17/h8-9H,6-7H2,1-5H3,(H,15,16). The van der Waals surface area contributed by atoms with Gasteiger partial charge in [-0.1, -0.05) is 20.8 Å². The Labute approximate surface area is 102 Å². The second-order valence-corrected chi connectivity index (χ2v) is 5.87. The summed E-state index contributed by atoms with van der Waals surface area (Å²) < 4.78 is 0. The number of hydrogen-bond acceptors (Lipinski definition) is 2. The molecular formula is C12H22N2O3. The van der Waals surface area contributed by atoms with Gasteiger partial charge < -0.3 is 14.9 Å². The molecule has 1 rings (SSSR count). The monoisotopic (exact) mass is 242 g/mol. The summed E-state index contributed by atoms with van der Waals surface area (Å²) in [5, 5.41) is 8.77. The third-order valence-corrected chi connectivity index (χ3v) is 3.39. The zero-order valence-electron chi connectivity index (χ0n) is 11.2. The van der Waals surface area contributed by atoms with Crippen LogP contribution in [0.3, 0.4) is 0 Å². The molecule has 1 heterocycles. The van der Waals surface area contributed by atoms with Crippen molar-refractivity contribution < 1.29 is 14.7 Å². The van der Waals surface area contributed by atoms with Gasteiger partial charge in [0.15, 0.2) is 0 Å². The first-order valence-corrected chi connectivity index (χ1v) is 5.89. The third-order valence-electron chi connectivity index (χ3n) is 3.39. The summed E-state index contributed by atoms with van der Waals surface area (Å²) in [6.07, 6.45) is -0.00353. The first-order valence-electron chi connectivity index (χ1n) is 5.89. The molecule has 5 nitrogen and oxygen atoms in total. The topological polar surface area (TPSA) is 60.9 Å². The summed E-state index contributed by atoms with van der Waals surface area (Å²) >= 11 is 0. The van der Waals surface area contributed by atoms with E-state index in [1.807, 2.05) is 0 Å². The van der Waals surface area contributed by atoms with Gasteiger partial charge in [0.25, 0.3) is 0 Å². The minimum absolute atomic E-state index is 0.00209. The Hall–Kier alpha value is -1.26. The van der Waals surface area contributed by atoms with Crippen molar-refractivity contribution in [2.24, 2.45) is 5.41 Å². The summed E-state index contributed by atoms with van der Waals surface area (Å²) in [7, 11) is 1.78. The highest BCUT2D eigenvalue weighted by Crippen LogP contribution is 2.30. The smallest absolute Gasteiger partial charge is 0.320 e. The van der Waals surface area contributed by atoms with Gasteiger partial charge in [-0.25, -0.2) is 4.79 Å². The molecule has 0 saturated carbocycles. The number of carbonyl (C=O) groups excluding carboxylic acids is 1. The molecule has 0 bridgehead atoms. The average Bonchev–Trinajstić information content (AvgIpc) is 2.42. The predicted octanol–water partition coefficient (Wildman–Crippen LogP) is 1.63. The number of carboxylic acid groups (broad SMARTS) is 1. The van der Waals surface area contributed by atoms with Crippen molar-refractivity contribution in [3.05, 3.63) is 0 Å². The van der Waals surface area contributed by atoms with Crippen LogP contribution in [-0.2, 0) is 4.79 Å². The number of amides is 2. The molecule has 2 amide bonds. The van der Waals surface area contributed by atoms with Gasteiger partial charge in [-0.15, -0.1) is 0 Å². The molecule has 2 atom stereocenters. The maximum atomic E-state index is 12.0. The quantitative estimate of drug-likeness (QED) is 0.818.